The smallest absolute Gasteiger partial charge is 0.236 e. The first kappa shape index (κ1) is 23.7. The van der Waals surface area contributed by atoms with Crippen molar-refractivity contribution in [1.29, 1.82) is 0 Å². The van der Waals surface area contributed by atoms with Crippen LogP contribution in [0.15, 0.2) is 30.3 Å². The van der Waals surface area contributed by atoms with Gasteiger partial charge in [-0.25, -0.2) is 0 Å². The summed E-state index contributed by atoms with van der Waals surface area (Å²) in [6, 6.07) is 8.90. The van der Waals surface area contributed by atoms with E-state index in [4.69, 9.17) is 5.73 Å². The van der Waals surface area contributed by atoms with Gasteiger partial charge in [0.05, 0.1) is 17.9 Å². The number of rotatable bonds is 4. The number of hydrogen-bond acceptors (Lipinski definition) is 7. The third kappa shape index (κ3) is 4.95. The molecule has 0 saturated carbocycles. The number of phenols is 1. The molecule has 2 heterocycles. The van der Waals surface area contributed by atoms with Gasteiger partial charge in [-0.2, -0.15) is 0 Å². The van der Waals surface area contributed by atoms with E-state index in [1.54, 1.807) is 25.2 Å². The van der Waals surface area contributed by atoms with Crippen molar-refractivity contribution in [3.63, 3.8) is 0 Å². The number of nitrogens with zero attached hydrogens (tertiary/aromatic N) is 4. The second kappa shape index (κ2) is 10.3. The summed E-state index contributed by atoms with van der Waals surface area (Å²) in [5.74, 6) is 0.579. The highest BCUT2D eigenvalue weighted by Crippen LogP contribution is 2.32. The molecule has 2 aromatic rings. The number of amides is 1. The Morgan fingerprint density at radius 3 is 2.64 bits per heavy atom. The Bertz CT molecular complexity index is 807. The summed E-state index contributed by atoms with van der Waals surface area (Å²) in [7, 11) is 1.77. The number of aromatic hydroxyl groups is 1. The highest BCUT2D eigenvalue weighted by atomic mass is 35.5. The minimum atomic E-state index is 0. The lowest BCUT2D eigenvalue weighted by Crippen LogP contribution is -2.55. The fourth-order valence-electron chi connectivity index (χ4n) is 3.27. The van der Waals surface area contributed by atoms with Gasteiger partial charge in [0.1, 0.15) is 5.75 Å². The van der Waals surface area contributed by atoms with E-state index in [0.717, 1.165) is 5.69 Å². The van der Waals surface area contributed by atoms with Crippen molar-refractivity contribution in [2.24, 2.45) is 0 Å². The molecule has 0 bridgehead atoms. The lowest BCUT2D eigenvalue weighted by atomic mass is 10.1. The topological polar surface area (TPSA) is 108 Å². The maximum absolute atomic E-state index is 12.2. The number of benzene rings is 1. The van der Waals surface area contributed by atoms with Crippen LogP contribution in [0, 0.1) is 0 Å². The van der Waals surface area contributed by atoms with Crippen molar-refractivity contribution >= 4 is 42.2 Å². The van der Waals surface area contributed by atoms with Gasteiger partial charge in [-0.3, -0.25) is 4.79 Å². The number of carbonyl (C=O) groups excluding carboxylic acids is 1. The van der Waals surface area contributed by atoms with E-state index in [1.807, 2.05) is 24.0 Å². The summed E-state index contributed by atoms with van der Waals surface area (Å²) in [5.41, 5.74) is 8.00. The predicted molar refractivity (Wildman–Crippen MR) is 115 cm³/mol. The second-order valence-electron chi connectivity index (χ2n) is 6.43. The number of para-hydroxylation sites is 1. The molecule has 154 valence electrons. The van der Waals surface area contributed by atoms with Crippen LogP contribution in [0.5, 0.6) is 5.75 Å². The maximum atomic E-state index is 12.2. The minimum Gasteiger partial charge on any atom is -0.507 e. The lowest BCUT2D eigenvalue weighted by molar-refractivity contribution is -0.132. The summed E-state index contributed by atoms with van der Waals surface area (Å²) >= 11 is 0. The van der Waals surface area contributed by atoms with Gasteiger partial charge in [0.2, 0.25) is 5.91 Å². The van der Waals surface area contributed by atoms with Gasteiger partial charge in [-0.05, 0) is 32.2 Å². The van der Waals surface area contributed by atoms with Crippen LogP contribution in [-0.2, 0) is 4.79 Å². The van der Waals surface area contributed by atoms with Gasteiger partial charge in [-0.15, -0.1) is 35.0 Å². The molecule has 1 fully saturated rings. The molecule has 8 nitrogen and oxygen atoms in total. The molecule has 1 unspecified atom stereocenters. The Labute approximate surface area is 176 Å². The molecular formula is C18H26Cl2N6O2. The molecule has 0 aliphatic carbocycles. The molecule has 28 heavy (non-hydrogen) atoms. The van der Waals surface area contributed by atoms with Crippen LogP contribution in [0.25, 0.3) is 11.3 Å². The number of piperazine rings is 1. The van der Waals surface area contributed by atoms with Gasteiger partial charge in [0, 0.05) is 31.2 Å². The monoisotopic (exact) mass is 428 g/mol. The Kier molecular flexibility index (Phi) is 8.74. The van der Waals surface area contributed by atoms with Gasteiger partial charge in [-0.1, -0.05) is 12.1 Å². The van der Waals surface area contributed by atoms with E-state index < -0.39 is 0 Å². The van der Waals surface area contributed by atoms with Crippen molar-refractivity contribution in [2.75, 3.05) is 43.9 Å². The highest BCUT2D eigenvalue weighted by molar-refractivity contribution is 5.85. The SMILES string of the molecule is CNCC(=O)N1CCN(c2cc(-c3ccccc3O)nnc2N)CC1C.Cl.Cl. The number of aromatic nitrogens is 2. The number of nitrogen functional groups attached to an aromatic ring is 1. The summed E-state index contributed by atoms with van der Waals surface area (Å²) in [5, 5.41) is 21.1. The highest BCUT2D eigenvalue weighted by Gasteiger charge is 2.28. The van der Waals surface area contributed by atoms with Gasteiger partial charge >= 0.3 is 0 Å². The van der Waals surface area contributed by atoms with E-state index in [-0.39, 0.29) is 42.5 Å². The number of hydrogen-bond donors (Lipinski definition) is 3. The Balaban J connectivity index is 0.00000196. The zero-order valence-corrected chi connectivity index (χ0v) is 17.5. The summed E-state index contributed by atoms with van der Waals surface area (Å²) in [6.07, 6.45) is 0. The quantitative estimate of drug-likeness (QED) is 0.677. The second-order valence-corrected chi connectivity index (χ2v) is 6.43. The van der Waals surface area contributed by atoms with Gasteiger partial charge in [0.25, 0.3) is 0 Å². The number of nitrogens with one attached hydrogen (secondary N) is 1. The van der Waals surface area contributed by atoms with Gasteiger partial charge < -0.3 is 26.0 Å². The number of anilines is 2. The van der Waals surface area contributed by atoms with Crippen molar-refractivity contribution in [1.82, 2.24) is 20.4 Å². The summed E-state index contributed by atoms with van der Waals surface area (Å²) in [6.45, 7) is 4.30. The number of carbonyl (C=O) groups is 1. The van der Waals surface area contributed by atoms with Crippen LogP contribution < -0.4 is 16.0 Å². The molecule has 0 radical (unpaired) electrons. The predicted octanol–water partition coefficient (Wildman–Crippen LogP) is 1.53. The van der Waals surface area contributed by atoms with Crippen molar-refractivity contribution in [2.45, 2.75) is 13.0 Å². The molecule has 10 heteroatoms. The first-order valence-electron chi connectivity index (χ1n) is 8.62. The average Bonchev–Trinajstić information content (AvgIpc) is 2.63. The molecule has 1 aromatic heterocycles. The normalized spacial score (nSPS) is 16.1. The largest absolute Gasteiger partial charge is 0.507 e. The molecule has 1 amide bonds. The van der Waals surface area contributed by atoms with E-state index in [2.05, 4.69) is 20.4 Å². The Morgan fingerprint density at radius 1 is 1.29 bits per heavy atom. The van der Waals surface area contributed by atoms with E-state index >= 15 is 0 Å². The van der Waals surface area contributed by atoms with Crippen molar-refractivity contribution < 1.29 is 9.90 Å². The molecule has 1 atom stereocenters. The molecule has 0 spiro atoms. The third-order valence-electron chi connectivity index (χ3n) is 4.60. The molecule has 1 aliphatic rings. The minimum absolute atomic E-state index is 0. The number of likely N-dealkylation sites (N-methyl/N-ethyl adjacent to an activating group) is 1. The molecule has 3 rings (SSSR count). The number of halogens is 2. The zero-order valence-electron chi connectivity index (χ0n) is 15.8. The summed E-state index contributed by atoms with van der Waals surface area (Å²) < 4.78 is 0. The third-order valence-corrected chi connectivity index (χ3v) is 4.60. The molecule has 4 N–H and O–H groups in total. The van der Waals surface area contributed by atoms with Gasteiger partial charge in [0.15, 0.2) is 5.82 Å². The van der Waals surface area contributed by atoms with Crippen molar-refractivity contribution in [3.8, 4) is 17.0 Å². The molecule has 1 aliphatic heterocycles. The Morgan fingerprint density at radius 2 is 2.00 bits per heavy atom. The standard InChI is InChI=1S/C18H24N6O2.2ClH/c1-12-11-23(7-8-24(12)17(26)10-20-2)15-9-14(21-22-18(15)19)13-5-3-4-6-16(13)25;;/h3-6,9,12,20,25H,7-8,10-11H2,1-2H3,(H2,19,22);2*1H. The Hall–Kier alpha value is -2.29. The lowest BCUT2D eigenvalue weighted by Gasteiger charge is -2.41. The van der Waals surface area contributed by atoms with E-state index in [0.29, 0.717) is 43.3 Å². The van der Waals surface area contributed by atoms with Crippen LogP contribution in [0.2, 0.25) is 0 Å². The van der Waals surface area contributed by atoms with Crippen LogP contribution in [0.4, 0.5) is 11.5 Å². The fraction of sp³-hybridized carbons (Fsp3) is 0.389. The maximum Gasteiger partial charge on any atom is 0.236 e. The summed E-state index contributed by atoms with van der Waals surface area (Å²) in [4.78, 5) is 16.2. The first-order chi connectivity index (χ1) is 12.5. The van der Waals surface area contributed by atoms with Crippen molar-refractivity contribution in [3.05, 3.63) is 30.3 Å². The van der Waals surface area contributed by atoms with E-state index in [9.17, 15) is 9.90 Å². The molecule has 1 aromatic carbocycles. The van der Waals surface area contributed by atoms with Crippen LogP contribution in [0.3, 0.4) is 0 Å². The zero-order chi connectivity index (χ0) is 18.7. The average molecular weight is 429 g/mol. The first-order valence-corrected chi connectivity index (χ1v) is 8.62. The van der Waals surface area contributed by atoms with Crippen LogP contribution >= 0.6 is 24.8 Å². The molecular weight excluding hydrogens is 403 g/mol. The fourth-order valence-corrected chi connectivity index (χ4v) is 3.27. The van der Waals surface area contributed by atoms with Crippen LogP contribution in [-0.4, -0.2) is 65.4 Å². The molecule has 1 saturated heterocycles. The van der Waals surface area contributed by atoms with E-state index in [1.165, 1.54) is 0 Å². The number of phenolic OH excluding ortho intramolecular Hbond substituents is 1. The van der Waals surface area contributed by atoms with Crippen LogP contribution in [0.1, 0.15) is 6.92 Å². The number of nitrogens with two attached hydrogens (primary N) is 1.